The number of halogens is 1. The van der Waals surface area contributed by atoms with Gasteiger partial charge in [-0.3, -0.25) is 4.79 Å². The number of H-pyrrole nitrogens is 1. The summed E-state index contributed by atoms with van der Waals surface area (Å²) in [7, 11) is 0. The Balaban J connectivity index is 2.23. The highest BCUT2D eigenvalue weighted by molar-refractivity contribution is 9.10. The van der Waals surface area contributed by atoms with Crippen molar-refractivity contribution in [2.24, 2.45) is 0 Å². The highest BCUT2D eigenvalue weighted by atomic mass is 79.9. The normalized spacial score (nSPS) is 10.8. The maximum atomic E-state index is 12.1. The summed E-state index contributed by atoms with van der Waals surface area (Å²) in [6.45, 7) is 5.86. The molecule has 0 aliphatic heterocycles. The molecule has 1 heterocycles. The number of hydrogen-bond donors (Lipinski definition) is 3. The fourth-order valence-corrected chi connectivity index (χ4v) is 2.34. The van der Waals surface area contributed by atoms with Gasteiger partial charge in [-0.25, -0.2) is 4.98 Å². The molecule has 1 amide bonds. The molecule has 1 aromatic carbocycles. The molecule has 5 nitrogen and oxygen atoms in total. The molecule has 0 saturated carbocycles. The Bertz CT molecular complexity index is 650. The van der Waals surface area contributed by atoms with Gasteiger partial charge in [0, 0.05) is 5.92 Å². The molecule has 0 aliphatic carbocycles. The third-order valence-electron chi connectivity index (χ3n) is 2.84. The summed E-state index contributed by atoms with van der Waals surface area (Å²) in [5.41, 5.74) is 1.66. The Hall–Kier alpha value is -1.82. The number of amides is 1. The van der Waals surface area contributed by atoms with Gasteiger partial charge in [0.25, 0.3) is 5.91 Å². The van der Waals surface area contributed by atoms with Crippen molar-refractivity contribution >= 4 is 27.5 Å². The first-order valence-corrected chi connectivity index (χ1v) is 7.03. The van der Waals surface area contributed by atoms with Crippen LogP contribution in [0.25, 0.3) is 0 Å². The van der Waals surface area contributed by atoms with Gasteiger partial charge in [0.1, 0.15) is 11.5 Å². The molecular weight excluding hydrogens is 322 g/mol. The smallest absolute Gasteiger partial charge is 0.273 e. The van der Waals surface area contributed by atoms with Crippen molar-refractivity contribution in [3.8, 4) is 5.75 Å². The molecule has 106 valence electrons. The standard InChI is InChI=1S/C14H16BrN3O2/c1-7(2)13-16-6-11(17-13)14(20)18-10-5-8(3)4-9(15)12(10)19/h4-7,19H,1-3H3,(H,16,17)(H,18,20). The van der Waals surface area contributed by atoms with Crippen molar-refractivity contribution in [2.75, 3.05) is 5.32 Å². The number of aromatic hydroxyl groups is 1. The predicted octanol–water partition coefficient (Wildman–Crippen LogP) is 3.56. The van der Waals surface area contributed by atoms with Crippen LogP contribution in [0.2, 0.25) is 0 Å². The van der Waals surface area contributed by atoms with Crippen LogP contribution in [-0.2, 0) is 0 Å². The summed E-state index contributed by atoms with van der Waals surface area (Å²) in [5.74, 6) is 0.646. The number of nitrogens with zero attached hydrogens (tertiary/aromatic N) is 1. The molecule has 0 atom stereocenters. The molecule has 0 fully saturated rings. The monoisotopic (exact) mass is 337 g/mol. The number of aromatic amines is 1. The molecule has 0 unspecified atom stereocenters. The highest BCUT2D eigenvalue weighted by Gasteiger charge is 2.14. The van der Waals surface area contributed by atoms with Crippen LogP contribution in [0.4, 0.5) is 5.69 Å². The van der Waals surface area contributed by atoms with Crippen molar-refractivity contribution in [3.63, 3.8) is 0 Å². The Morgan fingerprint density at radius 2 is 2.15 bits per heavy atom. The van der Waals surface area contributed by atoms with E-state index in [0.717, 1.165) is 11.4 Å². The Labute approximate surface area is 125 Å². The number of phenolic OH excluding ortho intramolecular Hbond substituents is 1. The zero-order valence-corrected chi connectivity index (χ0v) is 13.1. The van der Waals surface area contributed by atoms with Gasteiger partial charge < -0.3 is 15.4 Å². The lowest BCUT2D eigenvalue weighted by Crippen LogP contribution is -2.13. The van der Waals surface area contributed by atoms with Gasteiger partial charge in [-0.05, 0) is 40.5 Å². The molecular formula is C14H16BrN3O2. The summed E-state index contributed by atoms with van der Waals surface area (Å²) >= 11 is 3.24. The fourth-order valence-electron chi connectivity index (χ4n) is 1.76. The molecule has 20 heavy (non-hydrogen) atoms. The largest absolute Gasteiger partial charge is 0.505 e. The van der Waals surface area contributed by atoms with Crippen LogP contribution in [0.1, 0.15) is 41.6 Å². The maximum Gasteiger partial charge on any atom is 0.273 e. The van der Waals surface area contributed by atoms with Crippen LogP contribution in [0, 0.1) is 6.92 Å². The van der Waals surface area contributed by atoms with Crippen molar-refractivity contribution in [3.05, 3.63) is 39.9 Å². The number of carbonyl (C=O) groups is 1. The topological polar surface area (TPSA) is 78.0 Å². The minimum atomic E-state index is -0.336. The Morgan fingerprint density at radius 3 is 2.75 bits per heavy atom. The van der Waals surface area contributed by atoms with E-state index in [-0.39, 0.29) is 17.6 Å². The van der Waals surface area contributed by atoms with E-state index in [1.54, 1.807) is 12.1 Å². The molecule has 3 N–H and O–H groups in total. The van der Waals surface area contributed by atoms with Gasteiger partial charge >= 0.3 is 0 Å². The summed E-state index contributed by atoms with van der Waals surface area (Å²) in [4.78, 5) is 19.2. The number of phenols is 1. The molecule has 0 aliphatic rings. The van der Waals surface area contributed by atoms with Gasteiger partial charge in [0.05, 0.1) is 16.4 Å². The van der Waals surface area contributed by atoms with E-state index in [1.807, 2.05) is 20.8 Å². The van der Waals surface area contributed by atoms with E-state index in [4.69, 9.17) is 0 Å². The fraction of sp³-hybridized carbons (Fsp3) is 0.286. The van der Waals surface area contributed by atoms with E-state index in [0.29, 0.717) is 15.9 Å². The number of imidazole rings is 1. The first-order chi connectivity index (χ1) is 9.38. The molecule has 0 radical (unpaired) electrons. The number of anilines is 1. The van der Waals surface area contributed by atoms with Gasteiger partial charge in [-0.1, -0.05) is 13.8 Å². The maximum absolute atomic E-state index is 12.1. The lowest BCUT2D eigenvalue weighted by molar-refractivity contribution is 0.102. The number of rotatable bonds is 3. The first-order valence-electron chi connectivity index (χ1n) is 6.24. The number of aryl methyl sites for hydroxylation is 1. The molecule has 0 bridgehead atoms. The van der Waals surface area contributed by atoms with Crippen molar-refractivity contribution in [1.82, 2.24) is 9.97 Å². The number of aromatic nitrogens is 2. The average molecular weight is 338 g/mol. The summed E-state index contributed by atoms with van der Waals surface area (Å²) in [6.07, 6.45) is 1.49. The lowest BCUT2D eigenvalue weighted by Gasteiger charge is -2.09. The number of nitrogens with one attached hydrogen (secondary N) is 2. The van der Waals surface area contributed by atoms with Crippen LogP contribution in [0.3, 0.4) is 0 Å². The molecule has 0 spiro atoms. The van der Waals surface area contributed by atoms with Gasteiger partial charge in [-0.15, -0.1) is 0 Å². The number of carbonyl (C=O) groups excluding carboxylic acids is 1. The van der Waals surface area contributed by atoms with E-state index >= 15 is 0 Å². The second-order valence-corrected chi connectivity index (χ2v) is 5.79. The zero-order chi connectivity index (χ0) is 14.9. The third kappa shape index (κ3) is 3.01. The van der Waals surface area contributed by atoms with Crippen molar-refractivity contribution in [2.45, 2.75) is 26.7 Å². The second kappa shape index (κ2) is 5.66. The summed E-state index contributed by atoms with van der Waals surface area (Å²) < 4.78 is 0.542. The van der Waals surface area contributed by atoms with Gasteiger partial charge in [0.15, 0.2) is 5.75 Å². The van der Waals surface area contributed by atoms with E-state index in [9.17, 15) is 9.90 Å². The van der Waals surface area contributed by atoms with Crippen molar-refractivity contribution in [1.29, 1.82) is 0 Å². The summed E-state index contributed by atoms with van der Waals surface area (Å²) in [6, 6.07) is 3.48. The zero-order valence-electron chi connectivity index (χ0n) is 11.5. The quantitative estimate of drug-likeness (QED) is 0.749. The second-order valence-electron chi connectivity index (χ2n) is 4.93. The minimum absolute atomic E-state index is 0.00699. The van der Waals surface area contributed by atoms with Crippen LogP contribution in [0.15, 0.2) is 22.8 Å². The predicted molar refractivity (Wildman–Crippen MR) is 81.2 cm³/mol. The average Bonchev–Trinajstić information content (AvgIpc) is 2.85. The molecule has 2 aromatic rings. The first kappa shape index (κ1) is 14.6. The lowest BCUT2D eigenvalue weighted by atomic mass is 10.2. The highest BCUT2D eigenvalue weighted by Crippen LogP contribution is 2.33. The van der Waals surface area contributed by atoms with Crippen LogP contribution >= 0.6 is 15.9 Å². The molecule has 1 aromatic heterocycles. The number of benzene rings is 1. The summed E-state index contributed by atoms with van der Waals surface area (Å²) in [5, 5.41) is 12.6. The molecule has 6 heteroatoms. The SMILES string of the molecule is Cc1cc(Br)c(O)c(NC(=O)c2cnc(C(C)C)[nH]2)c1. The van der Waals surface area contributed by atoms with Gasteiger partial charge in [-0.2, -0.15) is 0 Å². The van der Waals surface area contributed by atoms with E-state index < -0.39 is 0 Å². The molecule has 0 saturated heterocycles. The van der Waals surface area contributed by atoms with E-state index in [1.165, 1.54) is 6.20 Å². The van der Waals surface area contributed by atoms with Gasteiger partial charge in [0.2, 0.25) is 0 Å². The molecule has 2 rings (SSSR count). The van der Waals surface area contributed by atoms with Crippen LogP contribution in [0.5, 0.6) is 5.75 Å². The van der Waals surface area contributed by atoms with Crippen molar-refractivity contribution < 1.29 is 9.90 Å². The van der Waals surface area contributed by atoms with Crippen LogP contribution in [-0.4, -0.2) is 21.0 Å². The van der Waals surface area contributed by atoms with Crippen LogP contribution < -0.4 is 5.32 Å². The Morgan fingerprint density at radius 1 is 1.45 bits per heavy atom. The third-order valence-corrected chi connectivity index (χ3v) is 3.45. The Kier molecular flexibility index (Phi) is 4.13. The minimum Gasteiger partial charge on any atom is -0.505 e. The van der Waals surface area contributed by atoms with E-state index in [2.05, 4.69) is 31.2 Å². The number of hydrogen-bond acceptors (Lipinski definition) is 3.